The van der Waals surface area contributed by atoms with E-state index in [1.165, 1.54) is 16.5 Å². The van der Waals surface area contributed by atoms with Crippen LogP contribution in [0.4, 0.5) is 0 Å². The molecule has 3 rings (SSSR count). The molecular formula is C16H16N2. The Labute approximate surface area is 107 Å². The molecule has 0 saturated carbocycles. The van der Waals surface area contributed by atoms with E-state index in [0.717, 1.165) is 11.9 Å². The summed E-state index contributed by atoms with van der Waals surface area (Å²) in [6, 6.07) is 17.2. The zero-order chi connectivity index (χ0) is 12.4. The van der Waals surface area contributed by atoms with Crippen LogP contribution in [0, 0.1) is 0 Å². The van der Waals surface area contributed by atoms with Crippen LogP contribution in [0.2, 0.25) is 0 Å². The van der Waals surface area contributed by atoms with Crippen LogP contribution >= 0.6 is 0 Å². The molecule has 3 aromatic rings. The molecule has 2 heteroatoms. The number of hydrogen-bond donors (Lipinski definition) is 1. The van der Waals surface area contributed by atoms with E-state index in [9.17, 15) is 0 Å². The van der Waals surface area contributed by atoms with Crippen LogP contribution in [-0.2, 0) is 0 Å². The third-order valence-corrected chi connectivity index (χ3v) is 3.48. The van der Waals surface area contributed by atoms with Gasteiger partial charge in [0.05, 0.1) is 11.7 Å². The molecule has 1 aromatic heterocycles. The van der Waals surface area contributed by atoms with Gasteiger partial charge < -0.3 is 0 Å². The van der Waals surface area contributed by atoms with E-state index in [0.29, 0.717) is 5.92 Å². The van der Waals surface area contributed by atoms with Crippen LogP contribution < -0.4 is 0 Å². The number of aromatic nitrogens is 2. The average Bonchev–Trinajstić information content (AvgIpc) is 2.88. The first-order chi connectivity index (χ1) is 8.88. The highest BCUT2D eigenvalue weighted by Crippen LogP contribution is 2.29. The van der Waals surface area contributed by atoms with Crippen molar-refractivity contribution in [3.8, 4) is 0 Å². The molecule has 0 aliphatic rings. The Balaban J connectivity index is 2.05. The normalized spacial score (nSPS) is 12.7. The van der Waals surface area contributed by atoms with Crippen molar-refractivity contribution >= 4 is 10.9 Å². The quantitative estimate of drug-likeness (QED) is 0.728. The van der Waals surface area contributed by atoms with Gasteiger partial charge in [0.15, 0.2) is 0 Å². The third-order valence-electron chi connectivity index (χ3n) is 3.48. The first-order valence-corrected chi connectivity index (χ1v) is 6.36. The fraction of sp³-hybridized carbons (Fsp3) is 0.188. The van der Waals surface area contributed by atoms with Crippen molar-refractivity contribution in [3.63, 3.8) is 0 Å². The summed E-state index contributed by atoms with van der Waals surface area (Å²) in [5, 5.41) is 8.28. The number of H-pyrrole nitrogens is 1. The van der Waals surface area contributed by atoms with Gasteiger partial charge in [0.25, 0.3) is 0 Å². The van der Waals surface area contributed by atoms with Crippen LogP contribution in [0.1, 0.15) is 30.4 Å². The lowest BCUT2D eigenvalue weighted by atomic mass is 9.89. The molecule has 0 bridgehead atoms. The van der Waals surface area contributed by atoms with E-state index in [1.807, 2.05) is 6.20 Å². The Bertz CT molecular complexity index is 640. The molecule has 2 aromatic carbocycles. The molecule has 18 heavy (non-hydrogen) atoms. The largest absolute Gasteiger partial charge is 0.278 e. The van der Waals surface area contributed by atoms with Gasteiger partial charge in [0.2, 0.25) is 0 Å². The fourth-order valence-corrected chi connectivity index (χ4v) is 2.52. The summed E-state index contributed by atoms with van der Waals surface area (Å²) in [4.78, 5) is 0. The van der Waals surface area contributed by atoms with Crippen LogP contribution in [0.15, 0.2) is 54.7 Å². The van der Waals surface area contributed by atoms with Crippen LogP contribution in [0.25, 0.3) is 10.9 Å². The second-order valence-electron chi connectivity index (χ2n) is 4.59. The molecule has 0 aliphatic heterocycles. The minimum atomic E-state index is 0.457. The predicted molar refractivity (Wildman–Crippen MR) is 74.7 cm³/mol. The Morgan fingerprint density at radius 2 is 1.89 bits per heavy atom. The van der Waals surface area contributed by atoms with Crippen molar-refractivity contribution < 1.29 is 0 Å². The molecule has 2 nitrogen and oxygen atoms in total. The van der Waals surface area contributed by atoms with Gasteiger partial charge in [-0.25, -0.2) is 0 Å². The topological polar surface area (TPSA) is 28.7 Å². The zero-order valence-electron chi connectivity index (χ0n) is 10.4. The Morgan fingerprint density at radius 1 is 1.06 bits per heavy atom. The van der Waals surface area contributed by atoms with Crippen molar-refractivity contribution in [1.29, 1.82) is 0 Å². The second-order valence-corrected chi connectivity index (χ2v) is 4.59. The minimum absolute atomic E-state index is 0.457. The first kappa shape index (κ1) is 11.0. The second kappa shape index (κ2) is 4.65. The maximum absolute atomic E-state index is 4.08. The summed E-state index contributed by atoms with van der Waals surface area (Å²) in [5.41, 5.74) is 3.83. The van der Waals surface area contributed by atoms with E-state index in [4.69, 9.17) is 0 Å². The molecule has 1 N–H and O–H groups in total. The maximum atomic E-state index is 4.08. The van der Waals surface area contributed by atoms with Crippen LogP contribution in [0.5, 0.6) is 0 Å². The number of hydrogen-bond acceptors (Lipinski definition) is 1. The summed E-state index contributed by atoms with van der Waals surface area (Å²) >= 11 is 0. The minimum Gasteiger partial charge on any atom is -0.278 e. The first-order valence-electron chi connectivity index (χ1n) is 6.36. The highest BCUT2D eigenvalue weighted by atomic mass is 15.1. The summed E-state index contributed by atoms with van der Waals surface area (Å²) in [6.07, 6.45) is 2.96. The van der Waals surface area contributed by atoms with Gasteiger partial charge in [0, 0.05) is 11.3 Å². The van der Waals surface area contributed by atoms with E-state index in [2.05, 4.69) is 65.7 Å². The Morgan fingerprint density at radius 3 is 2.67 bits per heavy atom. The molecule has 0 spiro atoms. The molecule has 1 heterocycles. The van der Waals surface area contributed by atoms with E-state index < -0.39 is 0 Å². The SMILES string of the molecule is CCC(c1ccccc1)c1ccc2cn[nH]c2c1. The van der Waals surface area contributed by atoms with Gasteiger partial charge in [-0.2, -0.15) is 5.10 Å². The molecule has 90 valence electrons. The fourth-order valence-electron chi connectivity index (χ4n) is 2.52. The molecule has 0 aliphatic carbocycles. The molecule has 1 atom stereocenters. The number of nitrogens with zero attached hydrogens (tertiary/aromatic N) is 1. The van der Waals surface area contributed by atoms with Crippen molar-refractivity contribution in [2.24, 2.45) is 0 Å². The van der Waals surface area contributed by atoms with E-state index >= 15 is 0 Å². The van der Waals surface area contributed by atoms with Gasteiger partial charge in [-0.15, -0.1) is 0 Å². The van der Waals surface area contributed by atoms with Gasteiger partial charge in [0.1, 0.15) is 0 Å². The van der Waals surface area contributed by atoms with Crippen LogP contribution in [0.3, 0.4) is 0 Å². The van der Waals surface area contributed by atoms with Gasteiger partial charge in [-0.1, -0.05) is 49.4 Å². The molecule has 0 radical (unpaired) electrons. The molecule has 0 saturated heterocycles. The summed E-state index contributed by atoms with van der Waals surface area (Å²) < 4.78 is 0. The lowest BCUT2D eigenvalue weighted by Gasteiger charge is -2.15. The van der Waals surface area contributed by atoms with Gasteiger partial charge in [-0.05, 0) is 23.6 Å². The lowest BCUT2D eigenvalue weighted by molar-refractivity contribution is 0.778. The molecule has 0 fully saturated rings. The highest BCUT2D eigenvalue weighted by molar-refractivity contribution is 5.78. The van der Waals surface area contributed by atoms with Crippen molar-refractivity contribution in [3.05, 3.63) is 65.9 Å². The van der Waals surface area contributed by atoms with Crippen molar-refractivity contribution in [2.45, 2.75) is 19.3 Å². The van der Waals surface area contributed by atoms with E-state index in [-0.39, 0.29) is 0 Å². The zero-order valence-corrected chi connectivity index (χ0v) is 10.4. The summed E-state index contributed by atoms with van der Waals surface area (Å²) in [6.45, 7) is 2.23. The van der Waals surface area contributed by atoms with E-state index in [1.54, 1.807) is 0 Å². The number of benzene rings is 2. The predicted octanol–water partition coefficient (Wildman–Crippen LogP) is 4.10. The Hall–Kier alpha value is -2.09. The molecular weight excluding hydrogens is 220 g/mol. The average molecular weight is 236 g/mol. The summed E-state index contributed by atoms with van der Waals surface area (Å²) in [5.74, 6) is 0.457. The number of nitrogens with one attached hydrogen (secondary N) is 1. The Kier molecular flexibility index (Phi) is 2.85. The third kappa shape index (κ3) is 1.90. The number of aromatic amines is 1. The maximum Gasteiger partial charge on any atom is 0.0653 e. The van der Waals surface area contributed by atoms with Crippen molar-refractivity contribution in [2.75, 3.05) is 0 Å². The number of rotatable bonds is 3. The lowest BCUT2D eigenvalue weighted by Crippen LogP contribution is -1.99. The highest BCUT2D eigenvalue weighted by Gasteiger charge is 2.12. The number of fused-ring (bicyclic) bond motifs is 1. The standard InChI is InChI=1S/C16H16N2/c1-2-15(12-6-4-3-5-7-12)13-8-9-14-11-17-18-16(14)10-13/h3-11,15H,2H2,1H3,(H,17,18). The monoisotopic (exact) mass is 236 g/mol. The molecule has 1 unspecified atom stereocenters. The van der Waals surface area contributed by atoms with Crippen molar-refractivity contribution in [1.82, 2.24) is 10.2 Å². The summed E-state index contributed by atoms with van der Waals surface area (Å²) in [7, 11) is 0. The molecule has 0 amide bonds. The van der Waals surface area contributed by atoms with Gasteiger partial charge in [-0.3, -0.25) is 5.10 Å². The smallest absolute Gasteiger partial charge is 0.0653 e. The van der Waals surface area contributed by atoms with Gasteiger partial charge >= 0.3 is 0 Å². The van der Waals surface area contributed by atoms with Crippen LogP contribution in [-0.4, -0.2) is 10.2 Å².